The number of carbonyl (C=O) groups excluding carboxylic acids is 1. The molecule has 1 aliphatic rings. The molecule has 120 valence electrons. The minimum Gasteiger partial charge on any atom is -0.368 e. The molecular weight excluding hydrogens is 292 g/mol. The van der Waals surface area contributed by atoms with E-state index in [-0.39, 0.29) is 11.5 Å². The van der Waals surface area contributed by atoms with Crippen molar-refractivity contribution in [3.63, 3.8) is 0 Å². The van der Waals surface area contributed by atoms with Crippen molar-refractivity contribution >= 4 is 11.6 Å². The Morgan fingerprint density at radius 1 is 1.04 bits per heavy atom. The van der Waals surface area contributed by atoms with Gasteiger partial charge in [0.1, 0.15) is 5.69 Å². The van der Waals surface area contributed by atoms with Crippen molar-refractivity contribution < 1.29 is 4.79 Å². The summed E-state index contributed by atoms with van der Waals surface area (Å²) in [4.78, 5) is 28.0. The Morgan fingerprint density at radius 2 is 1.74 bits per heavy atom. The fraction of sp³-hybridized carbons (Fsp3) is 0.353. The number of carbonyl (C=O) groups is 1. The van der Waals surface area contributed by atoms with Crippen LogP contribution in [0.3, 0.4) is 0 Å². The number of hydrogen-bond donors (Lipinski definition) is 0. The summed E-state index contributed by atoms with van der Waals surface area (Å²) < 4.78 is 1.19. The number of aromatic nitrogens is 2. The van der Waals surface area contributed by atoms with Gasteiger partial charge in [-0.2, -0.15) is 5.10 Å². The van der Waals surface area contributed by atoms with Gasteiger partial charge in [-0.1, -0.05) is 18.2 Å². The number of benzene rings is 1. The molecule has 0 radical (unpaired) electrons. The van der Waals surface area contributed by atoms with Crippen LogP contribution in [0.5, 0.6) is 0 Å². The normalized spacial score (nSPS) is 14.9. The van der Waals surface area contributed by atoms with E-state index in [0.717, 1.165) is 13.1 Å². The van der Waals surface area contributed by atoms with Crippen molar-refractivity contribution in [3.8, 4) is 0 Å². The maximum Gasteiger partial charge on any atom is 0.274 e. The predicted molar refractivity (Wildman–Crippen MR) is 88.8 cm³/mol. The van der Waals surface area contributed by atoms with Crippen molar-refractivity contribution in [3.05, 3.63) is 58.0 Å². The fourth-order valence-corrected chi connectivity index (χ4v) is 2.85. The highest BCUT2D eigenvalue weighted by atomic mass is 16.2. The number of hydrogen-bond acceptors (Lipinski definition) is 4. The number of para-hydroxylation sites is 1. The molecule has 0 atom stereocenters. The second kappa shape index (κ2) is 6.24. The summed E-state index contributed by atoms with van der Waals surface area (Å²) in [5, 5.41) is 4.04. The summed E-state index contributed by atoms with van der Waals surface area (Å²) in [5.74, 6) is -0.120. The minimum atomic E-state index is -0.217. The van der Waals surface area contributed by atoms with Crippen molar-refractivity contribution in [2.24, 2.45) is 7.05 Å². The van der Waals surface area contributed by atoms with Gasteiger partial charge >= 0.3 is 0 Å². The van der Waals surface area contributed by atoms with Gasteiger partial charge in [0.15, 0.2) is 0 Å². The number of nitrogens with zero attached hydrogens (tertiary/aromatic N) is 4. The van der Waals surface area contributed by atoms with Gasteiger partial charge in [-0.3, -0.25) is 9.59 Å². The van der Waals surface area contributed by atoms with E-state index in [1.165, 1.54) is 28.1 Å². The molecule has 1 aromatic carbocycles. The van der Waals surface area contributed by atoms with Crippen molar-refractivity contribution in [1.82, 2.24) is 14.7 Å². The first-order valence-corrected chi connectivity index (χ1v) is 7.70. The molecule has 1 fully saturated rings. The lowest BCUT2D eigenvalue weighted by molar-refractivity contribution is 0.0738. The molecule has 1 amide bonds. The lowest BCUT2D eigenvalue weighted by Gasteiger charge is -2.36. The van der Waals surface area contributed by atoms with E-state index in [1.54, 1.807) is 11.9 Å². The van der Waals surface area contributed by atoms with Gasteiger partial charge in [-0.25, -0.2) is 4.68 Å². The third-order valence-electron chi connectivity index (χ3n) is 4.20. The molecule has 3 rings (SSSR count). The summed E-state index contributed by atoms with van der Waals surface area (Å²) >= 11 is 0. The molecule has 6 heteroatoms. The summed E-state index contributed by atoms with van der Waals surface area (Å²) in [6.07, 6.45) is 0. The van der Waals surface area contributed by atoms with E-state index < -0.39 is 0 Å². The molecule has 0 saturated carbocycles. The quantitative estimate of drug-likeness (QED) is 0.832. The lowest BCUT2D eigenvalue weighted by Crippen LogP contribution is -2.49. The molecule has 2 heterocycles. The van der Waals surface area contributed by atoms with Crippen LogP contribution < -0.4 is 10.5 Å². The average Bonchev–Trinajstić information content (AvgIpc) is 2.57. The van der Waals surface area contributed by atoms with Crippen LogP contribution in [0.2, 0.25) is 0 Å². The molecule has 0 bridgehead atoms. The monoisotopic (exact) mass is 312 g/mol. The van der Waals surface area contributed by atoms with Crippen LogP contribution in [0.15, 0.2) is 41.2 Å². The highest BCUT2D eigenvalue weighted by molar-refractivity contribution is 5.92. The molecule has 0 aliphatic carbocycles. The topological polar surface area (TPSA) is 58.4 Å². The zero-order valence-corrected chi connectivity index (χ0v) is 13.4. The van der Waals surface area contributed by atoms with Crippen LogP contribution in [-0.4, -0.2) is 46.8 Å². The number of anilines is 1. The Balaban J connectivity index is 1.69. The third-order valence-corrected chi connectivity index (χ3v) is 4.20. The van der Waals surface area contributed by atoms with E-state index in [2.05, 4.69) is 29.1 Å². The zero-order chi connectivity index (χ0) is 16.4. The van der Waals surface area contributed by atoms with Crippen LogP contribution in [0.1, 0.15) is 16.1 Å². The molecule has 2 aromatic rings. The van der Waals surface area contributed by atoms with Gasteiger partial charge in [0.05, 0.1) is 0 Å². The molecular formula is C17H20N4O2. The summed E-state index contributed by atoms with van der Waals surface area (Å²) in [6.45, 7) is 4.99. The van der Waals surface area contributed by atoms with E-state index >= 15 is 0 Å². The Bertz CT molecular complexity index is 776. The van der Waals surface area contributed by atoms with Crippen LogP contribution in [0.25, 0.3) is 0 Å². The second-order valence-electron chi connectivity index (χ2n) is 5.75. The second-order valence-corrected chi connectivity index (χ2v) is 5.75. The van der Waals surface area contributed by atoms with Crippen molar-refractivity contribution in [2.75, 3.05) is 31.1 Å². The molecule has 1 aromatic heterocycles. The highest BCUT2D eigenvalue weighted by Crippen LogP contribution is 2.21. The van der Waals surface area contributed by atoms with Crippen LogP contribution >= 0.6 is 0 Å². The molecule has 1 aliphatic heterocycles. The predicted octanol–water partition coefficient (Wildman–Crippen LogP) is 1.05. The van der Waals surface area contributed by atoms with Gasteiger partial charge in [-0.05, 0) is 24.6 Å². The Morgan fingerprint density at radius 3 is 2.39 bits per heavy atom. The van der Waals surface area contributed by atoms with E-state index in [0.29, 0.717) is 18.8 Å². The summed E-state index contributed by atoms with van der Waals surface area (Å²) in [7, 11) is 1.55. The molecule has 0 spiro atoms. The minimum absolute atomic E-state index is 0.120. The first-order chi connectivity index (χ1) is 11.1. The summed E-state index contributed by atoms with van der Waals surface area (Å²) in [6, 6.07) is 11.2. The molecule has 6 nitrogen and oxygen atoms in total. The number of amides is 1. The highest BCUT2D eigenvalue weighted by Gasteiger charge is 2.24. The zero-order valence-electron chi connectivity index (χ0n) is 13.4. The number of piperazine rings is 1. The molecule has 0 N–H and O–H groups in total. The molecule has 0 unspecified atom stereocenters. The van der Waals surface area contributed by atoms with E-state index in [4.69, 9.17) is 0 Å². The lowest BCUT2D eigenvalue weighted by atomic mass is 10.1. The summed E-state index contributed by atoms with van der Waals surface area (Å²) in [5.41, 5.74) is 2.56. The van der Waals surface area contributed by atoms with Gasteiger partial charge in [-0.15, -0.1) is 0 Å². The van der Waals surface area contributed by atoms with E-state index in [9.17, 15) is 9.59 Å². The van der Waals surface area contributed by atoms with Crippen molar-refractivity contribution in [2.45, 2.75) is 6.92 Å². The Hall–Kier alpha value is -2.63. The molecule has 1 saturated heterocycles. The standard InChI is InChI=1S/C17H20N4O2/c1-13-5-3-4-6-15(13)20-9-11-21(12-10-20)17(23)14-7-8-16(22)19(2)18-14/h3-8H,9-12H2,1-2H3. The van der Waals surface area contributed by atoms with Crippen LogP contribution in [-0.2, 0) is 7.05 Å². The van der Waals surface area contributed by atoms with Gasteiger partial charge < -0.3 is 9.80 Å². The SMILES string of the molecule is Cc1ccccc1N1CCN(C(=O)c2ccc(=O)n(C)n2)CC1. The number of rotatable bonds is 2. The first kappa shape index (κ1) is 15.3. The van der Waals surface area contributed by atoms with Crippen LogP contribution in [0.4, 0.5) is 5.69 Å². The number of aryl methyl sites for hydroxylation is 2. The van der Waals surface area contributed by atoms with Gasteiger partial charge in [0.25, 0.3) is 11.5 Å². The Labute approximate surface area is 134 Å². The van der Waals surface area contributed by atoms with Gasteiger partial charge in [0, 0.05) is 45.0 Å². The smallest absolute Gasteiger partial charge is 0.274 e. The first-order valence-electron chi connectivity index (χ1n) is 7.70. The van der Waals surface area contributed by atoms with Gasteiger partial charge in [0.2, 0.25) is 0 Å². The molecule has 23 heavy (non-hydrogen) atoms. The Kier molecular flexibility index (Phi) is 4.14. The largest absolute Gasteiger partial charge is 0.368 e. The van der Waals surface area contributed by atoms with Crippen molar-refractivity contribution in [1.29, 1.82) is 0 Å². The maximum atomic E-state index is 12.5. The average molecular weight is 312 g/mol. The maximum absolute atomic E-state index is 12.5. The third kappa shape index (κ3) is 3.11. The van der Waals surface area contributed by atoms with E-state index in [1.807, 2.05) is 12.1 Å². The van der Waals surface area contributed by atoms with Crippen LogP contribution in [0, 0.1) is 6.92 Å². The fourth-order valence-electron chi connectivity index (χ4n) is 2.85.